The molecular weight excluding hydrogens is 332 g/mol. The lowest BCUT2D eigenvalue weighted by atomic mass is 10.1. The summed E-state index contributed by atoms with van der Waals surface area (Å²) in [4.78, 5) is 23.7. The Kier molecular flexibility index (Phi) is 6.03. The van der Waals surface area contributed by atoms with Crippen LogP contribution in [0.15, 0.2) is 42.5 Å². The largest absolute Gasteiger partial charge is 0.496 e. The van der Waals surface area contributed by atoms with Gasteiger partial charge in [0, 0.05) is 17.3 Å². The van der Waals surface area contributed by atoms with E-state index in [1.165, 1.54) is 14.2 Å². The molecule has 0 bridgehead atoms. The molecule has 0 fully saturated rings. The zero-order valence-corrected chi connectivity index (χ0v) is 14.0. The zero-order chi connectivity index (χ0) is 17.5. The Hall–Kier alpha value is -2.73. The summed E-state index contributed by atoms with van der Waals surface area (Å²) in [6, 6.07) is 11.5. The van der Waals surface area contributed by atoms with Crippen LogP contribution in [0.2, 0.25) is 5.02 Å². The van der Waals surface area contributed by atoms with Gasteiger partial charge in [-0.05, 0) is 35.9 Å². The number of carbonyl (C=O) groups excluding carboxylic acids is 2. The summed E-state index contributed by atoms with van der Waals surface area (Å²) in [6.07, 6.45) is 0. The van der Waals surface area contributed by atoms with Crippen LogP contribution in [0.3, 0.4) is 0 Å². The monoisotopic (exact) mass is 348 g/mol. The second-order valence-electron chi connectivity index (χ2n) is 4.84. The van der Waals surface area contributed by atoms with Crippen molar-refractivity contribution < 1.29 is 19.1 Å². The number of hydrogen-bond donors (Lipinski definition) is 2. The number of carbonyl (C=O) groups is 2. The van der Waals surface area contributed by atoms with Crippen molar-refractivity contribution in [2.45, 2.75) is 6.54 Å². The SMILES string of the molecule is COC(=O)c1cc(CNC(=O)Nc2cccc(Cl)c2)ccc1OC. The highest BCUT2D eigenvalue weighted by Crippen LogP contribution is 2.21. The Balaban J connectivity index is 2.01. The topological polar surface area (TPSA) is 76.7 Å². The molecule has 0 aliphatic heterocycles. The van der Waals surface area contributed by atoms with Crippen molar-refractivity contribution in [2.75, 3.05) is 19.5 Å². The molecule has 0 aromatic heterocycles. The van der Waals surface area contributed by atoms with Crippen LogP contribution < -0.4 is 15.4 Å². The predicted octanol–water partition coefficient (Wildman–Crippen LogP) is 3.46. The molecule has 0 aliphatic rings. The number of methoxy groups -OCH3 is 2. The van der Waals surface area contributed by atoms with Crippen molar-refractivity contribution in [3.05, 3.63) is 58.6 Å². The van der Waals surface area contributed by atoms with Crippen LogP contribution in [0.25, 0.3) is 0 Å². The van der Waals surface area contributed by atoms with Crippen molar-refractivity contribution in [1.29, 1.82) is 0 Å². The number of esters is 1. The first-order valence-corrected chi connectivity index (χ1v) is 7.47. The summed E-state index contributed by atoms with van der Waals surface area (Å²) in [5.74, 6) is -0.0916. The molecule has 2 aromatic rings. The summed E-state index contributed by atoms with van der Waals surface area (Å²) in [6.45, 7) is 0.236. The molecule has 0 atom stereocenters. The van der Waals surface area contributed by atoms with Gasteiger partial charge in [-0.15, -0.1) is 0 Å². The van der Waals surface area contributed by atoms with Gasteiger partial charge in [-0.3, -0.25) is 0 Å². The number of ether oxygens (including phenoxy) is 2. The third-order valence-electron chi connectivity index (χ3n) is 3.20. The summed E-state index contributed by atoms with van der Waals surface area (Å²) in [7, 11) is 2.77. The molecular formula is C17H17ClN2O4. The number of hydrogen-bond acceptors (Lipinski definition) is 4. The molecule has 0 spiro atoms. The quantitative estimate of drug-likeness (QED) is 0.811. The van der Waals surface area contributed by atoms with Gasteiger partial charge in [-0.2, -0.15) is 0 Å². The molecule has 0 radical (unpaired) electrons. The highest BCUT2D eigenvalue weighted by molar-refractivity contribution is 6.30. The van der Waals surface area contributed by atoms with E-state index in [1.54, 1.807) is 42.5 Å². The molecule has 2 rings (SSSR count). The van der Waals surface area contributed by atoms with E-state index in [0.29, 0.717) is 22.0 Å². The fourth-order valence-electron chi connectivity index (χ4n) is 2.06. The minimum Gasteiger partial charge on any atom is -0.496 e. The molecule has 0 aliphatic carbocycles. The molecule has 24 heavy (non-hydrogen) atoms. The summed E-state index contributed by atoms with van der Waals surface area (Å²) < 4.78 is 9.84. The van der Waals surface area contributed by atoms with Gasteiger partial charge in [0.2, 0.25) is 0 Å². The van der Waals surface area contributed by atoms with Crippen LogP contribution in [0.4, 0.5) is 10.5 Å². The molecule has 2 N–H and O–H groups in total. The lowest BCUT2D eigenvalue weighted by Crippen LogP contribution is -2.28. The fraction of sp³-hybridized carbons (Fsp3) is 0.176. The maximum atomic E-state index is 11.9. The van der Waals surface area contributed by atoms with E-state index in [2.05, 4.69) is 10.6 Å². The highest BCUT2D eigenvalue weighted by Gasteiger charge is 2.13. The average Bonchev–Trinajstić information content (AvgIpc) is 2.59. The molecule has 0 heterocycles. The number of amides is 2. The van der Waals surface area contributed by atoms with Gasteiger partial charge in [0.25, 0.3) is 0 Å². The second kappa shape index (κ2) is 8.21. The average molecular weight is 349 g/mol. The van der Waals surface area contributed by atoms with E-state index in [1.807, 2.05) is 0 Å². The van der Waals surface area contributed by atoms with E-state index in [0.717, 1.165) is 5.56 Å². The fourth-order valence-corrected chi connectivity index (χ4v) is 2.25. The predicted molar refractivity (Wildman–Crippen MR) is 91.6 cm³/mol. The van der Waals surface area contributed by atoms with Crippen molar-refractivity contribution in [2.24, 2.45) is 0 Å². The van der Waals surface area contributed by atoms with E-state index in [-0.39, 0.29) is 12.6 Å². The van der Waals surface area contributed by atoms with Crippen LogP contribution in [0.5, 0.6) is 5.75 Å². The van der Waals surface area contributed by atoms with Crippen molar-refractivity contribution in [3.63, 3.8) is 0 Å². The molecule has 0 unspecified atom stereocenters. The molecule has 2 aromatic carbocycles. The minimum absolute atomic E-state index is 0.236. The number of benzene rings is 2. The molecule has 6 nitrogen and oxygen atoms in total. The smallest absolute Gasteiger partial charge is 0.341 e. The van der Waals surface area contributed by atoms with Crippen molar-refractivity contribution in [3.8, 4) is 5.75 Å². The lowest BCUT2D eigenvalue weighted by Gasteiger charge is -2.11. The highest BCUT2D eigenvalue weighted by atomic mass is 35.5. The molecule has 2 amide bonds. The van der Waals surface area contributed by atoms with Crippen LogP contribution in [0.1, 0.15) is 15.9 Å². The molecule has 126 valence electrons. The Morgan fingerprint density at radius 3 is 2.58 bits per heavy atom. The zero-order valence-electron chi connectivity index (χ0n) is 13.3. The Morgan fingerprint density at radius 1 is 1.12 bits per heavy atom. The second-order valence-corrected chi connectivity index (χ2v) is 5.28. The molecule has 7 heteroatoms. The maximum absolute atomic E-state index is 11.9. The summed E-state index contributed by atoms with van der Waals surface area (Å²) >= 11 is 5.86. The molecule has 0 saturated carbocycles. The van der Waals surface area contributed by atoms with E-state index < -0.39 is 5.97 Å². The van der Waals surface area contributed by atoms with Crippen LogP contribution in [0, 0.1) is 0 Å². The van der Waals surface area contributed by atoms with Gasteiger partial charge in [-0.1, -0.05) is 23.7 Å². The number of halogens is 1. The third kappa shape index (κ3) is 4.63. The van der Waals surface area contributed by atoms with Gasteiger partial charge in [0.1, 0.15) is 11.3 Å². The number of anilines is 1. The van der Waals surface area contributed by atoms with Crippen molar-refractivity contribution >= 4 is 29.3 Å². The normalized spacial score (nSPS) is 9.96. The van der Waals surface area contributed by atoms with Crippen LogP contribution in [-0.4, -0.2) is 26.2 Å². The third-order valence-corrected chi connectivity index (χ3v) is 3.44. The Morgan fingerprint density at radius 2 is 1.92 bits per heavy atom. The Bertz CT molecular complexity index is 749. The molecule has 0 saturated heterocycles. The van der Waals surface area contributed by atoms with E-state index in [4.69, 9.17) is 21.1 Å². The van der Waals surface area contributed by atoms with Gasteiger partial charge in [0.05, 0.1) is 14.2 Å². The Labute approximate surface area is 144 Å². The first kappa shape index (κ1) is 17.6. The first-order chi connectivity index (χ1) is 11.5. The van der Waals surface area contributed by atoms with Gasteiger partial charge in [-0.25, -0.2) is 9.59 Å². The van der Waals surface area contributed by atoms with E-state index >= 15 is 0 Å². The van der Waals surface area contributed by atoms with Crippen molar-refractivity contribution in [1.82, 2.24) is 5.32 Å². The summed E-state index contributed by atoms with van der Waals surface area (Å²) in [5.41, 5.74) is 1.62. The maximum Gasteiger partial charge on any atom is 0.341 e. The van der Waals surface area contributed by atoms with Gasteiger partial charge in [0.15, 0.2) is 0 Å². The van der Waals surface area contributed by atoms with Gasteiger partial charge < -0.3 is 20.1 Å². The summed E-state index contributed by atoms with van der Waals surface area (Å²) in [5, 5.41) is 5.91. The first-order valence-electron chi connectivity index (χ1n) is 7.09. The van der Waals surface area contributed by atoms with Gasteiger partial charge >= 0.3 is 12.0 Å². The van der Waals surface area contributed by atoms with Crippen LogP contribution >= 0.6 is 11.6 Å². The standard InChI is InChI=1S/C17H17ClN2O4/c1-23-15-7-6-11(8-14(15)16(21)24-2)10-19-17(22)20-13-5-3-4-12(18)9-13/h3-9H,10H2,1-2H3,(H2,19,20,22). The minimum atomic E-state index is -0.503. The lowest BCUT2D eigenvalue weighted by molar-refractivity contribution is 0.0597. The number of nitrogens with one attached hydrogen (secondary N) is 2. The number of rotatable bonds is 5. The van der Waals surface area contributed by atoms with E-state index in [9.17, 15) is 9.59 Å². The van der Waals surface area contributed by atoms with Crippen LogP contribution in [-0.2, 0) is 11.3 Å². The number of urea groups is 1.